The number of anilines is 1. The first-order chi connectivity index (χ1) is 11.1. The normalized spacial score (nSPS) is 10.5. The van der Waals surface area contributed by atoms with Crippen LogP contribution in [-0.2, 0) is 6.61 Å². The number of hydrogen-bond acceptors (Lipinski definition) is 5. The van der Waals surface area contributed by atoms with Crippen LogP contribution in [0.5, 0.6) is 5.75 Å². The van der Waals surface area contributed by atoms with E-state index in [1.807, 2.05) is 24.4 Å². The number of halogens is 1. The van der Waals surface area contributed by atoms with Gasteiger partial charge in [-0.25, -0.2) is 4.98 Å². The quantitative estimate of drug-likeness (QED) is 0.735. The van der Waals surface area contributed by atoms with Crippen LogP contribution in [0, 0.1) is 6.92 Å². The molecule has 5 nitrogen and oxygen atoms in total. The number of nitrogens with one attached hydrogen (secondary N) is 1. The molecule has 23 heavy (non-hydrogen) atoms. The Morgan fingerprint density at radius 1 is 1.35 bits per heavy atom. The van der Waals surface area contributed by atoms with Gasteiger partial charge in [-0.1, -0.05) is 23.7 Å². The summed E-state index contributed by atoms with van der Waals surface area (Å²) >= 11 is 7.38. The molecule has 0 saturated carbocycles. The average Bonchev–Trinajstić information content (AvgIpc) is 3.16. The lowest BCUT2D eigenvalue weighted by molar-refractivity contribution is 0.0992. The molecule has 0 radical (unpaired) electrons. The summed E-state index contributed by atoms with van der Waals surface area (Å²) < 4.78 is 11.1. The van der Waals surface area contributed by atoms with Gasteiger partial charge in [0.05, 0.1) is 10.7 Å². The Morgan fingerprint density at radius 3 is 2.91 bits per heavy atom. The summed E-state index contributed by atoms with van der Waals surface area (Å²) in [7, 11) is 0. The van der Waals surface area contributed by atoms with Crippen molar-refractivity contribution in [1.29, 1.82) is 0 Å². The van der Waals surface area contributed by atoms with Crippen LogP contribution in [0.3, 0.4) is 0 Å². The molecule has 118 valence electrons. The molecule has 1 aromatic carbocycles. The fourth-order valence-electron chi connectivity index (χ4n) is 1.86. The summed E-state index contributed by atoms with van der Waals surface area (Å²) in [5.41, 5.74) is 0.860. The van der Waals surface area contributed by atoms with Crippen LogP contribution in [0.2, 0.25) is 5.02 Å². The van der Waals surface area contributed by atoms with Crippen LogP contribution in [0.25, 0.3) is 0 Å². The minimum atomic E-state index is -0.344. The number of aryl methyl sites for hydroxylation is 1. The molecule has 0 spiro atoms. The zero-order chi connectivity index (χ0) is 16.2. The van der Waals surface area contributed by atoms with Gasteiger partial charge in [0, 0.05) is 5.38 Å². The van der Waals surface area contributed by atoms with Crippen molar-refractivity contribution in [2.45, 2.75) is 13.5 Å². The minimum absolute atomic E-state index is 0.188. The molecule has 0 atom stereocenters. The maximum atomic E-state index is 12.1. The Hall–Kier alpha value is -2.31. The van der Waals surface area contributed by atoms with E-state index in [2.05, 4.69) is 10.3 Å². The maximum absolute atomic E-state index is 12.1. The molecule has 2 heterocycles. The van der Waals surface area contributed by atoms with E-state index in [4.69, 9.17) is 20.8 Å². The second-order valence-corrected chi connectivity index (χ2v) is 6.00. The average molecular weight is 349 g/mol. The highest BCUT2D eigenvalue weighted by atomic mass is 35.5. The van der Waals surface area contributed by atoms with E-state index >= 15 is 0 Å². The van der Waals surface area contributed by atoms with Gasteiger partial charge in [0.1, 0.15) is 18.1 Å². The molecule has 0 unspecified atom stereocenters. The van der Waals surface area contributed by atoms with E-state index < -0.39 is 0 Å². The Balaban J connectivity index is 1.61. The molecule has 0 aliphatic carbocycles. The summed E-state index contributed by atoms with van der Waals surface area (Å²) in [6.45, 7) is 2.05. The lowest BCUT2D eigenvalue weighted by Gasteiger charge is -2.05. The van der Waals surface area contributed by atoms with Crippen LogP contribution >= 0.6 is 22.9 Å². The lowest BCUT2D eigenvalue weighted by atomic mass is 10.3. The molecule has 1 amide bonds. The number of carbonyl (C=O) groups excluding carboxylic acids is 1. The van der Waals surface area contributed by atoms with Gasteiger partial charge in [-0.15, -0.1) is 11.3 Å². The molecular formula is C16H13ClN2O3S. The smallest absolute Gasteiger partial charge is 0.293 e. The molecule has 2 aromatic heterocycles. The number of benzene rings is 1. The Labute approximate surface area is 141 Å². The summed E-state index contributed by atoms with van der Waals surface area (Å²) in [5, 5.41) is 5.61. The van der Waals surface area contributed by atoms with Crippen LogP contribution < -0.4 is 10.1 Å². The van der Waals surface area contributed by atoms with E-state index in [-0.39, 0.29) is 18.3 Å². The van der Waals surface area contributed by atoms with E-state index in [0.717, 1.165) is 5.69 Å². The highest BCUT2D eigenvalue weighted by Gasteiger charge is 2.13. The van der Waals surface area contributed by atoms with Crippen LogP contribution in [-0.4, -0.2) is 10.9 Å². The van der Waals surface area contributed by atoms with E-state index in [9.17, 15) is 4.79 Å². The van der Waals surface area contributed by atoms with Gasteiger partial charge in [0.15, 0.2) is 10.9 Å². The highest BCUT2D eigenvalue weighted by Crippen LogP contribution is 2.24. The van der Waals surface area contributed by atoms with Crippen LogP contribution in [0.15, 0.2) is 46.2 Å². The van der Waals surface area contributed by atoms with Gasteiger partial charge < -0.3 is 9.15 Å². The number of thiazole rings is 1. The van der Waals surface area contributed by atoms with Gasteiger partial charge in [-0.3, -0.25) is 10.1 Å². The third-order valence-corrected chi connectivity index (χ3v) is 4.12. The van der Waals surface area contributed by atoms with Crippen molar-refractivity contribution >= 4 is 34.0 Å². The SMILES string of the molecule is Cc1csc(NC(=O)c2ccc(COc3ccccc3Cl)o2)n1. The summed E-state index contributed by atoms with van der Waals surface area (Å²) in [5.74, 6) is 0.958. The summed E-state index contributed by atoms with van der Waals surface area (Å²) in [6.07, 6.45) is 0. The van der Waals surface area contributed by atoms with Gasteiger partial charge >= 0.3 is 0 Å². The number of furan rings is 1. The maximum Gasteiger partial charge on any atom is 0.293 e. The fraction of sp³-hybridized carbons (Fsp3) is 0.125. The second-order valence-electron chi connectivity index (χ2n) is 4.73. The largest absolute Gasteiger partial charge is 0.484 e. The topological polar surface area (TPSA) is 64.4 Å². The van der Waals surface area contributed by atoms with Crippen molar-refractivity contribution in [1.82, 2.24) is 4.98 Å². The molecule has 0 bridgehead atoms. The second kappa shape index (κ2) is 6.85. The minimum Gasteiger partial charge on any atom is -0.484 e. The Kier molecular flexibility index (Phi) is 4.64. The molecular weight excluding hydrogens is 336 g/mol. The number of aromatic nitrogens is 1. The van der Waals surface area contributed by atoms with Crippen molar-refractivity contribution in [2.75, 3.05) is 5.32 Å². The van der Waals surface area contributed by atoms with Gasteiger partial charge in [-0.2, -0.15) is 0 Å². The van der Waals surface area contributed by atoms with Crippen molar-refractivity contribution in [3.8, 4) is 5.75 Å². The molecule has 3 aromatic rings. The molecule has 0 saturated heterocycles. The van der Waals surface area contributed by atoms with E-state index in [0.29, 0.717) is 21.7 Å². The Morgan fingerprint density at radius 2 is 2.17 bits per heavy atom. The fourth-order valence-corrected chi connectivity index (χ4v) is 2.73. The lowest BCUT2D eigenvalue weighted by Crippen LogP contribution is -2.10. The van der Waals surface area contributed by atoms with Crippen molar-refractivity contribution in [3.63, 3.8) is 0 Å². The molecule has 0 fully saturated rings. The van der Waals surface area contributed by atoms with Crippen molar-refractivity contribution in [2.24, 2.45) is 0 Å². The number of para-hydroxylation sites is 1. The van der Waals surface area contributed by atoms with Crippen molar-refractivity contribution in [3.05, 3.63) is 64.0 Å². The zero-order valence-corrected chi connectivity index (χ0v) is 13.8. The summed E-state index contributed by atoms with van der Waals surface area (Å²) in [6, 6.07) is 10.5. The third kappa shape index (κ3) is 3.91. The first-order valence-electron chi connectivity index (χ1n) is 6.81. The standard InChI is InChI=1S/C16H13ClN2O3S/c1-10-9-23-16(18-10)19-15(20)14-7-6-11(22-14)8-21-13-5-3-2-4-12(13)17/h2-7,9H,8H2,1H3,(H,18,19,20). The molecule has 0 aliphatic heterocycles. The van der Waals surface area contributed by atoms with Crippen LogP contribution in [0.4, 0.5) is 5.13 Å². The van der Waals surface area contributed by atoms with Crippen molar-refractivity contribution < 1.29 is 13.9 Å². The third-order valence-electron chi connectivity index (χ3n) is 2.93. The Bertz CT molecular complexity index is 828. The number of carbonyl (C=O) groups is 1. The molecule has 3 rings (SSSR count). The predicted octanol–water partition coefficient (Wildman–Crippen LogP) is 4.53. The summed E-state index contributed by atoms with van der Waals surface area (Å²) in [4.78, 5) is 16.2. The van der Waals surface area contributed by atoms with Gasteiger partial charge in [0.2, 0.25) is 0 Å². The first-order valence-corrected chi connectivity index (χ1v) is 8.07. The number of amides is 1. The number of ether oxygens (including phenoxy) is 1. The van der Waals surface area contributed by atoms with E-state index in [1.165, 1.54) is 11.3 Å². The number of rotatable bonds is 5. The monoisotopic (exact) mass is 348 g/mol. The number of nitrogens with zero attached hydrogens (tertiary/aromatic N) is 1. The molecule has 7 heteroatoms. The molecule has 1 N–H and O–H groups in total. The first kappa shape index (κ1) is 15.6. The molecule has 0 aliphatic rings. The predicted molar refractivity (Wildman–Crippen MR) is 89.3 cm³/mol. The van der Waals surface area contributed by atoms with Gasteiger partial charge in [-0.05, 0) is 31.2 Å². The van der Waals surface area contributed by atoms with E-state index in [1.54, 1.807) is 24.3 Å². The van der Waals surface area contributed by atoms with Gasteiger partial charge in [0.25, 0.3) is 5.91 Å². The highest BCUT2D eigenvalue weighted by molar-refractivity contribution is 7.13. The number of hydrogen-bond donors (Lipinski definition) is 1. The zero-order valence-electron chi connectivity index (χ0n) is 12.2. The van der Waals surface area contributed by atoms with Crippen LogP contribution in [0.1, 0.15) is 22.0 Å².